The summed E-state index contributed by atoms with van der Waals surface area (Å²) in [6, 6.07) is 5.87. The molecule has 2 aromatic rings. The van der Waals surface area contributed by atoms with Crippen LogP contribution in [0.1, 0.15) is 37.7 Å². The molecule has 0 saturated carbocycles. The lowest BCUT2D eigenvalue weighted by molar-refractivity contribution is 0.275. The Balaban J connectivity index is 2.09. The van der Waals surface area contributed by atoms with Crippen molar-refractivity contribution in [2.75, 3.05) is 11.9 Å². The summed E-state index contributed by atoms with van der Waals surface area (Å²) in [6.45, 7) is 4.47. The molecule has 1 atom stereocenters. The number of aryl methyl sites for hydroxylation is 1. The molecule has 0 aromatic carbocycles. The first-order valence-electron chi connectivity index (χ1n) is 7.96. The maximum atomic E-state index is 9.20. The quantitative estimate of drug-likeness (QED) is 0.740. The number of nitrogens with one attached hydrogen (secondary N) is 1. The lowest BCUT2D eigenvalue weighted by atomic mass is 10.1. The van der Waals surface area contributed by atoms with Gasteiger partial charge in [-0.05, 0) is 31.9 Å². The Kier molecular flexibility index (Phi) is 6.75. The van der Waals surface area contributed by atoms with Gasteiger partial charge in [0.1, 0.15) is 12.4 Å². The zero-order valence-corrected chi connectivity index (χ0v) is 13.7. The van der Waals surface area contributed by atoms with Gasteiger partial charge in [0.2, 0.25) is 0 Å². The lowest BCUT2D eigenvalue weighted by Crippen LogP contribution is -2.22. The van der Waals surface area contributed by atoms with Crippen molar-refractivity contribution in [1.29, 1.82) is 0 Å². The van der Waals surface area contributed by atoms with Crippen molar-refractivity contribution in [1.82, 2.24) is 15.0 Å². The van der Waals surface area contributed by atoms with Crippen LogP contribution in [0.4, 0.5) is 5.82 Å². The maximum absolute atomic E-state index is 9.20. The second-order valence-electron chi connectivity index (χ2n) is 5.38. The molecule has 124 valence electrons. The van der Waals surface area contributed by atoms with E-state index in [1.807, 2.05) is 25.1 Å². The summed E-state index contributed by atoms with van der Waals surface area (Å²) in [5.41, 5.74) is 0.847. The first-order chi connectivity index (χ1) is 11.2. The monoisotopic (exact) mass is 316 g/mol. The molecule has 0 radical (unpaired) electrons. The lowest BCUT2D eigenvalue weighted by Gasteiger charge is -2.20. The van der Waals surface area contributed by atoms with Gasteiger partial charge in [0.25, 0.3) is 0 Å². The van der Waals surface area contributed by atoms with E-state index in [2.05, 4.69) is 27.2 Å². The normalized spacial score (nSPS) is 12.0. The number of hydrogen-bond acceptors (Lipinski definition) is 6. The fourth-order valence-corrected chi connectivity index (χ4v) is 2.29. The van der Waals surface area contributed by atoms with Gasteiger partial charge in [-0.3, -0.25) is 4.98 Å². The van der Waals surface area contributed by atoms with Crippen LogP contribution in [0, 0.1) is 6.92 Å². The standard InChI is InChI=1S/C17H24N4O2/c1-3-6-14(8-10-22)21-17-16(11-19-13(2)20-17)23-12-15-7-4-5-9-18-15/h4-5,7,9,11,14,22H,3,6,8,10,12H2,1-2H3,(H,19,20,21)/t14-/m0/s1. The van der Waals surface area contributed by atoms with Crippen LogP contribution in [0.5, 0.6) is 5.75 Å². The third-order valence-corrected chi connectivity index (χ3v) is 3.43. The van der Waals surface area contributed by atoms with E-state index in [4.69, 9.17) is 4.74 Å². The molecule has 6 heteroatoms. The number of anilines is 1. The van der Waals surface area contributed by atoms with Gasteiger partial charge in [-0.1, -0.05) is 19.4 Å². The number of aliphatic hydroxyl groups excluding tert-OH is 1. The average Bonchev–Trinajstić information content (AvgIpc) is 2.55. The molecule has 0 aliphatic rings. The van der Waals surface area contributed by atoms with E-state index in [9.17, 15) is 5.11 Å². The minimum atomic E-state index is 0.145. The topological polar surface area (TPSA) is 80.2 Å². The van der Waals surface area contributed by atoms with E-state index in [0.717, 1.165) is 18.5 Å². The molecule has 0 unspecified atom stereocenters. The van der Waals surface area contributed by atoms with Gasteiger partial charge in [-0.25, -0.2) is 9.97 Å². The van der Waals surface area contributed by atoms with Crippen LogP contribution in [0.25, 0.3) is 0 Å². The molecule has 2 aromatic heterocycles. The van der Waals surface area contributed by atoms with E-state index in [0.29, 0.717) is 30.4 Å². The number of pyridine rings is 1. The zero-order chi connectivity index (χ0) is 16.5. The fraction of sp³-hybridized carbons (Fsp3) is 0.471. The van der Waals surface area contributed by atoms with Crippen molar-refractivity contribution < 1.29 is 9.84 Å². The van der Waals surface area contributed by atoms with Gasteiger partial charge in [-0.2, -0.15) is 0 Å². The predicted molar refractivity (Wildman–Crippen MR) is 89.4 cm³/mol. The largest absolute Gasteiger partial charge is 0.482 e. The molecule has 0 spiro atoms. The van der Waals surface area contributed by atoms with E-state index in [-0.39, 0.29) is 12.6 Å². The number of nitrogens with zero attached hydrogens (tertiary/aromatic N) is 3. The highest BCUT2D eigenvalue weighted by Crippen LogP contribution is 2.24. The van der Waals surface area contributed by atoms with Crippen LogP contribution in [0.2, 0.25) is 0 Å². The number of aliphatic hydroxyl groups is 1. The molecule has 0 saturated heterocycles. The zero-order valence-electron chi connectivity index (χ0n) is 13.7. The molecule has 2 N–H and O–H groups in total. The molecule has 6 nitrogen and oxygen atoms in total. The van der Waals surface area contributed by atoms with Crippen LogP contribution in [0.15, 0.2) is 30.6 Å². The molecule has 2 heterocycles. The second-order valence-corrected chi connectivity index (χ2v) is 5.38. The van der Waals surface area contributed by atoms with Crippen molar-refractivity contribution in [2.24, 2.45) is 0 Å². The van der Waals surface area contributed by atoms with Crippen LogP contribution in [0.3, 0.4) is 0 Å². The Morgan fingerprint density at radius 2 is 2.13 bits per heavy atom. The average molecular weight is 316 g/mol. The van der Waals surface area contributed by atoms with Crippen LogP contribution < -0.4 is 10.1 Å². The highest BCUT2D eigenvalue weighted by molar-refractivity contribution is 5.49. The van der Waals surface area contributed by atoms with E-state index >= 15 is 0 Å². The van der Waals surface area contributed by atoms with Crippen molar-refractivity contribution >= 4 is 5.82 Å². The minimum absolute atomic E-state index is 0.145. The summed E-state index contributed by atoms with van der Waals surface area (Å²) in [7, 11) is 0. The number of ether oxygens (including phenoxy) is 1. The van der Waals surface area contributed by atoms with Gasteiger partial charge < -0.3 is 15.2 Å². The number of rotatable bonds is 9. The van der Waals surface area contributed by atoms with E-state index in [1.165, 1.54) is 0 Å². The molecule has 0 aliphatic carbocycles. The summed E-state index contributed by atoms with van der Waals surface area (Å²) < 4.78 is 5.82. The van der Waals surface area contributed by atoms with E-state index < -0.39 is 0 Å². The van der Waals surface area contributed by atoms with Crippen LogP contribution in [-0.4, -0.2) is 32.7 Å². The van der Waals surface area contributed by atoms with Crippen molar-refractivity contribution in [3.8, 4) is 5.75 Å². The Morgan fingerprint density at radius 3 is 2.83 bits per heavy atom. The summed E-state index contributed by atoms with van der Waals surface area (Å²) in [5, 5.41) is 12.6. The van der Waals surface area contributed by atoms with Crippen molar-refractivity contribution in [2.45, 2.75) is 45.8 Å². The van der Waals surface area contributed by atoms with Crippen molar-refractivity contribution in [3.63, 3.8) is 0 Å². The van der Waals surface area contributed by atoms with Gasteiger partial charge in [-0.15, -0.1) is 0 Å². The Hall–Kier alpha value is -2.21. The fourth-order valence-electron chi connectivity index (χ4n) is 2.29. The SMILES string of the molecule is CCC[C@@H](CCO)Nc1nc(C)ncc1OCc1ccccn1. The Morgan fingerprint density at radius 1 is 1.26 bits per heavy atom. The highest BCUT2D eigenvalue weighted by Gasteiger charge is 2.13. The molecule has 23 heavy (non-hydrogen) atoms. The first-order valence-corrected chi connectivity index (χ1v) is 7.96. The smallest absolute Gasteiger partial charge is 0.180 e. The summed E-state index contributed by atoms with van der Waals surface area (Å²) in [5.74, 6) is 1.94. The Bertz CT molecular complexity index is 586. The molecule has 0 amide bonds. The second kappa shape index (κ2) is 9.05. The molecule has 2 rings (SSSR count). The molecule has 0 fully saturated rings. The van der Waals surface area contributed by atoms with E-state index in [1.54, 1.807) is 12.4 Å². The van der Waals surface area contributed by atoms with Gasteiger partial charge in [0.05, 0.1) is 11.9 Å². The van der Waals surface area contributed by atoms with Crippen LogP contribution in [-0.2, 0) is 6.61 Å². The summed E-state index contributed by atoms with van der Waals surface area (Å²) in [6.07, 6.45) is 6.09. The molecular formula is C17H24N4O2. The molecule has 0 aliphatic heterocycles. The summed E-state index contributed by atoms with van der Waals surface area (Å²) in [4.78, 5) is 12.9. The molecular weight excluding hydrogens is 292 g/mol. The maximum Gasteiger partial charge on any atom is 0.180 e. The van der Waals surface area contributed by atoms with Crippen molar-refractivity contribution in [3.05, 3.63) is 42.1 Å². The van der Waals surface area contributed by atoms with Crippen LogP contribution >= 0.6 is 0 Å². The first kappa shape index (κ1) is 17.1. The predicted octanol–water partition coefficient (Wildman–Crippen LogP) is 2.72. The van der Waals surface area contributed by atoms with Gasteiger partial charge >= 0.3 is 0 Å². The highest BCUT2D eigenvalue weighted by atomic mass is 16.5. The van der Waals surface area contributed by atoms with Gasteiger partial charge in [0, 0.05) is 18.8 Å². The Labute approximate surface area is 137 Å². The minimum Gasteiger partial charge on any atom is -0.482 e. The third-order valence-electron chi connectivity index (χ3n) is 3.43. The van der Waals surface area contributed by atoms with Gasteiger partial charge in [0.15, 0.2) is 11.6 Å². The molecule has 0 bridgehead atoms. The number of hydrogen-bond donors (Lipinski definition) is 2. The third kappa shape index (κ3) is 5.49. The summed E-state index contributed by atoms with van der Waals surface area (Å²) >= 11 is 0. The number of aromatic nitrogens is 3.